The molecule has 3 rings (SSSR count). The largest absolute Gasteiger partial charge is 0.372 e. The molecule has 6 heteroatoms. The summed E-state index contributed by atoms with van der Waals surface area (Å²) < 4.78 is 2.36. The summed E-state index contributed by atoms with van der Waals surface area (Å²) in [6.07, 6.45) is 8.07. The van der Waals surface area contributed by atoms with Crippen LogP contribution in [0.5, 0.6) is 0 Å². The maximum absolute atomic E-state index is 5.37. The third-order valence-corrected chi connectivity index (χ3v) is 5.25. The fraction of sp³-hybridized carbons (Fsp3) is 0.526. The van der Waals surface area contributed by atoms with Crippen molar-refractivity contribution < 1.29 is 0 Å². The number of aromatic nitrogens is 3. The lowest BCUT2D eigenvalue weighted by molar-refractivity contribution is 0.419. The molecule has 1 N–H and O–H groups in total. The summed E-state index contributed by atoms with van der Waals surface area (Å²) in [6, 6.07) is 8.48. The monoisotopic (exact) mass is 357 g/mol. The van der Waals surface area contributed by atoms with Crippen LogP contribution in [0.1, 0.15) is 63.3 Å². The van der Waals surface area contributed by atoms with Gasteiger partial charge in [-0.25, -0.2) is 0 Å². The van der Waals surface area contributed by atoms with Gasteiger partial charge in [0.05, 0.1) is 6.21 Å². The summed E-state index contributed by atoms with van der Waals surface area (Å²) in [5.41, 5.74) is 2.30. The first-order valence-electron chi connectivity index (χ1n) is 9.29. The van der Waals surface area contributed by atoms with Gasteiger partial charge in [-0.1, -0.05) is 31.4 Å². The number of nitrogens with zero attached hydrogens (tertiary/aromatic N) is 4. The van der Waals surface area contributed by atoms with Crippen molar-refractivity contribution in [1.29, 1.82) is 0 Å². The lowest BCUT2D eigenvalue weighted by atomic mass is 9.89. The Balaban J connectivity index is 1.78. The molecule has 5 nitrogen and oxygen atoms in total. The van der Waals surface area contributed by atoms with Gasteiger partial charge >= 0.3 is 0 Å². The van der Waals surface area contributed by atoms with E-state index >= 15 is 0 Å². The van der Waals surface area contributed by atoms with E-state index in [0.29, 0.717) is 10.7 Å². The van der Waals surface area contributed by atoms with Crippen LogP contribution in [0.4, 0.5) is 5.69 Å². The standard InChI is InChI=1S/C19H27N5S/c1-3-23(4-2)17-12-10-15(11-13-17)14-20-24-18(21-22-19(24)25)16-8-6-5-7-9-16/h10-14,16H,3-9H2,1-2H3,(H,22,25)/b20-14-. The number of aromatic amines is 1. The van der Waals surface area contributed by atoms with Gasteiger partial charge in [-0.3, -0.25) is 5.10 Å². The minimum Gasteiger partial charge on any atom is -0.372 e. The first kappa shape index (κ1) is 17.9. The van der Waals surface area contributed by atoms with E-state index in [1.807, 2.05) is 6.21 Å². The van der Waals surface area contributed by atoms with E-state index in [1.165, 1.54) is 37.8 Å². The number of benzene rings is 1. The summed E-state index contributed by atoms with van der Waals surface area (Å²) in [4.78, 5) is 2.33. The van der Waals surface area contributed by atoms with Crippen molar-refractivity contribution in [3.8, 4) is 0 Å². The zero-order chi connectivity index (χ0) is 17.6. The zero-order valence-electron chi connectivity index (χ0n) is 15.1. The fourth-order valence-corrected chi connectivity index (χ4v) is 3.71. The van der Waals surface area contributed by atoms with Gasteiger partial charge in [0.25, 0.3) is 0 Å². The van der Waals surface area contributed by atoms with Crippen molar-refractivity contribution in [2.75, 3.05) is 18.0 Å². The van der Waals surface area contributed by atoms with Gasteiger partial charge < -0.3 is 4.90 Å². The molecule has 0 bridgehead atoms. The second kappa shape index (κ2) is 8.43. The van der Waals surface area contributed by atoms with Gasteiger partial charge in [0.2, 0.25) is 4.77 Å². The molecule has 0 radical (unpaired) electrons. The quantitative estimate of drug-likeness (QED) is 0.601. The molecule has 0 unspecified atom stereocenters. The third-order valence-electron chi connectivity index (χ3n) is 4.99. The molecule has 1 aromatic heterocycles. The highest BCUT2D eigenvalue weighted by molar-refractivity contribution is 7.71. The average molecular weight is 358 g/mol. The number of hydrogen-bond donors (Lipinski definition) is 1. The number of rotatable bonds is 6. The van der Waals surface area contributed by atoms with Gasteiger partial charge in [0, 0.05) is 24.7 Å². The van der Waals surface area contributed by atoms with Gasteiger partial charge in [0.1, 0.15) is 0 Å². The lowest BCUT2D eigenvalue weighted by Crippen LogP contribution is -2.21. The zero-order valence-corrected chi connectivity index (χ0v) is 15.9. The van der Waals surface area contributed by atoms with E-state index in [-0.39, 0.29) is 0 Å². The lowest BCUT2D eigenvalue weighted by Gasteiger charge is -2.21. The normalized spacial score (nSPS) is 15.8. The molecule has 134 valence electrons. The molecule has 0 amide bonds. The van der Waals surface area contributed by atoms with Crippen molar-refractivity contribution in [3.63, 3.8) is 0 Å². The number of nitrogens with one attached hydrogen (secondary N) is 1. The van der Waals surface area contributed by atoms with Gasteiger partial charge in [-0.05, 0) is 56.6 Å². The van der Waals surface area contributed by atoms with Crippen LogP contribution in [0.25, 0.3) is 0 Å². The first-order chi connectivity index (χ1) is 12.2. The topological polar surface area (TPSA) is 49.2 Å². The molecule has 0 spiro atoms. The van der Waals surface area contributed by atoms with Crippen LogP contribution < -0.4 is 4.90 Å². The first-order valence-corrected chi connectivity index (χ1v) is 9.70. The Labute approximate surface area is 154 Å². The molecule has 1 saturated carbocycles. The van der Waals surface area contributed by atoms with Crippen molar-refractivity contribution >= 4 is 24.1 Å². The van der Waals surface area contributed by atoms with E-state index in [2.05, 4.69) is 58.3 Å². The Morgan fingerprint density at radius 1 is 1.20 bits per heavy atom. The third kappa shape index (κ3) is 4.18. The van der Waals surface area contributed by atoms with E-state index in [0.717, 1.165) is 24.5 Å². The van der Waals surface area contributed by atoms with Crippen molar-refractivity contribution in [2.24, 2.45) is 5.10 Å². The molecule has 2 aromatic rings. The predicted octanol–water partition coefficient (Wildman–Crippen LogP) is 4.72. The molecule has 1 heterocycles. The Bertz CT molecular complexity index is 749. The smallest absolute Gasteiger partial charge is 0.216 e. The number of hydrogen-bond acceptors (Lipinski definition) is 4. The SMILES string of the molecule is CCN(CC)c1ccc(/C=N\n2c(C3CCCCC3)n[nH]c2=S)cc1. The Morgan fingerprint density at radius 2 is 1.88 bits per heavy atom. The molecular weight excluding hydrogens is 330 g/mol. The van der Waals surface area contributed by atoms with E-state index in [4.69, 9.17) is 12.2 Å². The fourth-order valence-electron chi connectivity index (χ4n) is 3.52. The molecule has 1 aliphatic rings. The molecule has 0 aliphatic heterocycles. The number of anilines is 1. The van der Waals surface area contributed by atoms with Crippen LogP contribution in [-0.2, 0) is 0 Å². The minimum absolute atomic E-state index is 0.462. The highest BCUT2D eigenvalue weighted by atomic mass is 32.1. The highest BCUT2D eigenvalue weighted by Gasteiger charge is 2.21. The van der Waals surface area contributed by atoms with Gasteiger partial charge in [-0.2, -0.15) is 14.9 Å². The molecular formula is C19H27N5S. The van der Waals surface area contributed by atoms with Crippen molar-refractivity contribution in [3.05, 3.63) is 40.4 Å². The van der Waals surface area contributed by atoms with Gasteiger partial charge in [0.15, 0.2) is 5.82 Å². The second-order valence-electron chi connectivity index (χ2n) is 6.54. The predicted molar refractivity (Wildman–Crippen MR) is 106 cm³/mol. The van der Waals surface area contributed by atoms with Crippen molar-refractivity contribution in [1.82, 2.24) is 14.9 Å². The van der Waals surface area contributed by atoms with E-state index in [1.54, 1.807) is 4.68 Å². The molecule has 25 heavy (non-hydrogen) atoms. The second-order valence-corrected chi connectivity index (χ2v) is 6.93. The molecule has 1 fully saturated rings. The van der Waals surface area contributed by atoms with E-state index < -0.39 is 0 Å². The van der Waals surface area contributed by atoms with Crippen LogP contribution >= 0.6 is 12.2 Å². The van der Waals surface area contributed by atoms with Crippen LogP contribution in [-0.4, -0.2) is 34.2 Å². The minimum atomic E-state index is 0.462. The van der Waals surface area contributed by atoms with Crippen molar-refractivity contribution in [2.45, 2.75) is 51.9 Å². The van der Waals surface area contributed by atoms with Crippen LogP contribution in [0.2, 0.25) is 0 Å². The molecule has 0 atom stereocenters. The van der Waals surface area contributed by atoms with Crippen LogP contribution in [0.3, 0.4) is 0 Å². The summed E-state index contributed by atoms with van der Waals surface area (Å²) in [5, 5.41) is 11.9. The van der Waals surface area contributed by atoms with E-state index in [9.17, 15) is 0 Å². The molecule has 1 aliphatic carbocycles. The van der Waals surface area contributed by atoms with Crippen LogP contribution in [0, 0.1) is 4.77 Å². The maximum Gasteiger partial charge on any atom is 0.216 e. The molecule has 1 aromatic carbocycles. The maximum atomic E-state index is 5.37. The van der Waals surface area contributed by atoms with Crippen LogP contribution in [0.15, 0.2) is 29.4 Å². The number of H-pyrrole nitrogens is 1. The summed E-state index contributed by atoms with van der Waals surface area (Å²) in [6.45, 7) is 6.37. The van der Waals surface area contributed by atoms with Gasteiger partial charge in [-0.15, -0.1) is 0 Å². The Morgan fingerprint density at radius 3 is 2.52 bits per heavy atom. The highest BCUT2D eigenvalue weighted by Crippen LogP contribution is 2.31. The summed E-state index contributed by atoms with van der Waals surface area (Å²) in [5.74, 6) is 1.43. The molecule has 0 saturated heterocycles. The summed E-state index contributed by atoms with van der Waals surface area (Å²) in [7, 11) is 0. The summed E-state index contributed by atoms with van der Waals surface area (Å²) >= 11 is 5.37. The Kier molecular flexibility index (Phi) is 6.02. The Hall–Kier alpha value is -1.95. The average Bonchev–Trinajstić information content (AvgIpc) is 3.03.